The minimum atomic E-state index is -0.608. The Labute approximate surface area is 171 Å². The Bertz CT molecular complexity index is 1260. The number of nitrogens with zero attached hydrogens (tertiary/aromatic N) is 2. The standard InChI is InChI=1S/C23H18N2O5/c1-14-19(24-22(28-14)16-5-3-2-4-6-16)11-18-10-17-9-15(7-8-20(17)29-18)12-25-13-21(26)30-23(25)27/h2-10H,11-13H2,1H3. The molecule has 0 saturated carbocycles. The maximum absolute atomic E-state index is 11.6. The number of carbonyl (C=O) groups excluding carboxylic acids is 2. The summed E-state index contributed by atoms with van der Waals surface area (Å²) in [4.78, 5) is 28.9. The summed E-state index contributed by atoms with van der Waals surface area (Å²) in [5, 5.41) is 0.922. The Morgan fingerprint density at radius 1 is 1.03 bits per heavy atom. The molecule has 3 heterocycles. The Kier molecular flexibility index (Phi) is 4.35. The molecule has 7 heteroatoms. The van der Waals surface area contributed by atoms with E-state index in [4.69, 9.17) is 8.83 Å². The summed E-state index contributed by atoms with van der Waals surface area (Å²) in [6.07, 6.45) is -0.0946. The lowest BCUT2D eigenvalue weighted by atomic mass is 10.1. The molecule has 7 nitrogen and oxygen atoms in total. The van der Waals surface area contributed by atoms with Gasteiger partial charge in [0.25, 0.3) is 0 Å². The molecule has 0 bridgehead atoms. The Balaban J connectivity index is 1.36. The van der Waals surface area contributed by atoms with Gasteiger partial charge in [-0.3, -0.25) is 4.90 Å². The molecule has 0 unspecified atom stereocenters. The third kappa shape index (κ3) is 3.45. The molecule has 1 amide bonds. The molecule has 0 aliphatic carbocycles. The minimum absolute atomic E-state index is 0.0251. The molecule has 0 radical (unpaired) electrons. The quantitative estimate of drug-likeness (QED) is 0.362. The molecule has 1 fully saturated rings. The summed E-state index contributed by atoms with van der Waals surface area (Å²) in [7, 11) is 0. The van der Waals surface area contributed by atoms with Crippen LogP contribution in [0.15, 0.2) is 63.4 Å². The summed E-state index contributed by atoms with van der Waals surface area (Å²) >= 11 is 0. The van der Waals surface area contributed by atoms with Crippen molar-refractivity contribution in [1.82, 2.24) is 9.88 Å². The number of furan rings is 1. The van der Waals surface area contributed by atoms with Gasteiger partial charge < -0.3 is 13.6 Å². The highest BCUT2D eigenvalue weighted by Gasteiger charge is 2.29. The van der Waals surface area contributed by atoms with Crippen LogP contribution in [-0.4, -0.2) is 28.5 Å². The normalized spacial score (nSPS) is 14.0. The largest absolute Gasteiger partial charge is 0.461 e. The fourth-order valence-corrected chi connectivity index (χ4v) is 3.55. The fourth-order valence-electron chi connectivity index (χ4n) is 3.55. The van der Waals surface area contributed by atoms with Gasteiger partial charge in [-0.25, -0.2) is 14.6 Å². The maximum atomic E-state index is 11.6. The van der Waals surface area contributed by atoms with Gasteiger partial charge in [0.15, 0.2) is 0 Å². The van der Waals surface area contributed by atoms with Crippen LogP contribution in [0.25, 0.3) is 22.4 Å². The molecule has 30 heavy (non-hydrogen) atoms. The summed E-state index contributed by atoms with van der Waals surface area (Å²) in [5.74, 6) is 1.60. The average molecular weight is 402 g/mol. The summed E-state index contributed by atoms with van der Waals surface area (Å²) < 4.78 is 16.4. The van der Waals surface area contributed by atoms with E-state index in [1.54, 1.807) is 0 Å². The molecule has 1 aliphatic rings. The van der Waals surface area contributed by atoms with Crippen molar-refractivity contribution < 1.29 is 23.2 Å². The number of amides is 1. The van der Waals surface area contributed by atoms with Crippen LogP contribution in [0.4, 0.5) is 4.79 Å². The van der Waals surface area contributed by atoms with Crippen LogP contribution in [0.5, 0.6) is 0 Å². The number of esters is 1. The van der Waals surface area contributed by atoms with Crippen molar-refractivity contribution in [3.05, 3.63) is 77.4 Å². The number of aromatic nitrogens is 1. The van der Waals surface area contributed by atoms with Crippen LogP contribution < -0.4 is 0 Å². The first-order chi connectivity index (χ1) is 14.5. The topological polar surface area (TPSA) is 85.8 Å². The maximum Gasteiger partial charge on any atom is 0.418 e. The number of benzene rings is 2. The van der Waals surface area contributed by atoms with Gasteiger partial charge in [-0.1, -0.05) is 24.3 Å². The Hall–Kier alpha value is -3.87. The average Bonchev–Trinajstić information content (AvgIpc) is 3.39. The van der Waals surface area contributed by atoms with Crippen molar-refractivity contribution in [1.29, 1.82) is 0 Å². The lowest BCUT2D eigenvalue weighted by Crippen LogP contribution is -2.23. The first kappa shape index (κ1) is 18.2. The molecular weight excluding hydrogens is 384 g/mol. The molecular formula is C23H18N2O5. The molecule has 1 saturated heterocycles. The fraction of sp³-hybridized carbons (Fsp3) is 0.174. The smallest absolute Gasteiger partial charge is 0.418 e. The van der Waals surface area contributed by atoms with E-state index in [9.17, 15) is 9.59 Å². The third-order valence-corrected chi connectivity index (χ3v) is 5.04. The van der Waals surface area contributed by atoms with Gasteiger partial charge in [-0.05, 0) is 42.8 Å². The zero-order valence-electron chi connectivity index (χ0n) is 16.3. The number of hydrogen-bond acceptors (Lipinski definition) is 6. The van der Waals surface area contributed by atoms with Gasteiger partial charge in [0.05, 0.1) is 12.1 Å². The second-order valence-electron chi connectivity index (χ2n) is 7.25. The lowest BCUT2D eigenvalue weighted by Gasteiger charge is -2.11. The molecule has 4 aromatic rings. The van der Waals surface area contributed by atoms with Crippen LogP contribution in [0.3, 0.4) is 0 Å². The lowest BCUT2D eigenvalue weighted by molar-refractivity contribution is -0.132. The van der Waals surface area contributed by atoms with Gasteiger partial charge in [0.1, 0.15) is 23.6 Å². The highest BCUT2D eigenvalue weighted by Crippen LogP contribution is 2.27. The van der Waals surface area contributed by atoms with Crippen LogP contribution in [0.1, 0.15) is 22.8 Å². The van der Waals surface area contributed by atoms with E-state index in [2.05, 4.69) is 9.72 Å². The minimum Gasteiger partial charge on any atom is -0.461 e. The van der Waals surface area contributed by atoms with E-state index in [1.165, 1.54) is 4.90 Å². The van der Waals surface area contributed by atoms with Gasteiger partial charge in [0, 0.05) is 17.5 Å². The Morgan fingerprint density at radius 2 is 1.87 bits per heavy atom. The van der Waals surface area contributed by atoms with Gasteiger partial charge in [-0.2, -0.15) is 0 Å². The zero-order valence-corrected chi connectivity index (χ0v) is 16.3. The summed E-state index contributed by atoms with van der Waals surface area (Å²) in [5.41, 5.74) is 3.40. The predicted molar refractivity (Wildman–Crippen MR) is 108 cm³/mol. The van der Waals surface area contributed by atoms with Gasteiger partial charge >= 0.3 is 12.1 Å². The van der Waals surface area contributed by atoms with Crippen molar-refractivity contribution >= 4 is 23.0 Å². The number of fused-ring (bicyclic) bond motifs is 1. The molecule has 2 aromatic heterocycles. The SMILES string of the molecule is Cc1oc(-c2ccccc2)nc1Cc1cc2cc(CN3CC(=O)OC3=O)ccc2o1. The van der Waals surface area contributed by atoms with E-state index in [1.807, 2.05) is 61.5 Å². The number of carbonyl (C=O) groups is 2. The molecule has 5 rings (SSSR count). The summed E-state index contributed by atoms with van der Waals surface area (Å²) in [6, 6.07) is 17.4. The predicted octanol–water partition coefficient (Wildman–Crippen LogP) is 4.47. The molecule has 2 aromatic carbocycles. The van der Waals surface area contributed by atoms with E-state index >= 15 is 0 Å². The second-order valence-corrected chi connectivity index (χ2v) is 7.25. The number of rotatable bonds is 5. The van der Waals surface area contributed by atoms with Crippen molar-refractivity contribution in [2.45, 2.75) is 19.9 Å². The van der Waals surface area contributed by atoms with Crippen LogP contribution in [-0.2, 0) is 22.5 Å². The highest BCUT2D eigenvalue weighted by molar-refractivity contribution is 5.92. The number of aryl methyl sites for hydroxylation is 1. The van der Waals surface area contributed by atoms with Gasteiger partial charge in [-0.15, -0.1) is 0 Å². The van der Waals surface area contributed by atoms with Crippen LogP contribution in [0, 0.1) is 6.92 Å². The van der Waals surface area contributed by atoms with Crippen molar-refractivity contribution in [2.75, 3.05) is 6.54 Å². The van der Waals surface area contributed by atoms with Crippen LogP contribution >= 0.6 is 0 Å². The molecule has 0 spiro atoms. The Morgan fingerprint density at radius 3 is 2.63 bits per heavy atom. The van der Waals surface area contributed by atoms with Crippen LogP contribution in [0.2, 0.25) is 0 Å². The third-order valence-electron chi connectivity index (χ3n) is 5.04. The zero-order chi connectivity index (χ0) is 20.7. The number of hydrogen-bond donors (Lipinski definition) is 0. The van der Waals surface area contributed by atoms with Crippen molar-refractivity contribution in [3.63, 3.8) is 0 Å². The van der Waals surface area contributed by atoms with Crippen molar-refractivity contribution in [3.8, 4) is 11.5 Å². The van der Waals surface area contributed by atoms with E-state index in [0.29, 0.717) is 18.9 Å². The first-order valence-corrected chi connectivity index (χ1v) is 9.58. The second kappa shape index (κ2) is 7.18. The molecule has 0 atom stereocenters. The molecule has 150 valence electrons. The molecule has 1 aliphatic heterocycles. The van der Waals surface area contributed by atoms with Gasteiger partial charge in [0.2, 0.25) is 5.89 Å². The van der Waals surface area contributed by atoms with E-state index in [-0.39, 0.29) is 6.54 Å². The monoisotopic (exact) mass is 402 g/mol. The number of oxazole rings is 1. The summed E-state index contributed by atoms with van der Waals surface area (Å²) in [6.45, 7) is 2.18. The first-order valence-electron chi connectivity index (χ1n) is 9.58. The highest BCUT2D eigenvalue weighted by atomic mass is 16.6. The van der Waals surface area contributed by atoms with E-state index < -0.39 is 12.1 Å². The number of cyclic esters (lactones) is 2. The number of ether oxygens (including phenoxy) is 1. The van der Waals surface area contributed by atoms with E-state index in [0.717, 1.165) is 39.3 Å². The van der Waals surface area contributed by atoms with Crippen molar-refractivity contribution in [2.24, 2.45) is 0 Å². The molecule has 0 N–H and O–H groups in total.